The van der Waals surface area contributed by atoms with Gasteiger partial charge in [0.25, 0.3) is 5.91 Å². The number of hydrogen-bond acceptors (Lipinski definition) is 7. The van der Waals surface area contributed by atoms with Crippen LogP contribution < -0.4 is 5.32 Å². The number of aliphatic hydroxyl groups is 1. The predicted molar refractivity (Wildman–Crippen MR) is 133 cm³/mol. The molecule has 0 aliphatic carbocycles. The number of nitrogens with zero attached hydrogens (tertiary/aromatic N) is 4. The van der Waals surface area contributed by atoms with Crippen LogP contribution in [-0.2, 0) is 9.53 Å². The molecule has 4 rings (SSSR count). The topological polar surface area (TPSA) is 108 Å². The summed E-state index contributed by atoms with van der Waals surface area (Å²) < 4.78 is 5.40. The highest BCUT2D eigenvalue weighted by Crippen LogP contribution is 2.37. The maximum absolute atomic E-state index is 13.3. The van der Waals surface area contributed by atoms with Gasteiger partial charge in [-0.2, -0.15) is 0 Å². The van der Waals surface area contributed by atoms with Crippen LogP contribution in [0.25, 0.3) is 11.3 Å². The number of likely N-dealkylation sites (N-methyl/N-ethyl adjacent to an activating group) is 1. The number of carbonyl (C=O) groups is 2. The van der Waals surface area contributed by atoms with Crippen molar-refractivity contribution in [2.75, 3.05) is 38.7 Å². The Bertz CT molecular complexity index is 1110. The Labute approximate surface area is 210 Å². The minimum atomic E-state index is -0.588. The van der Waals surface area contributed by atoms with E-state index in [-0.39, 0.29) is 36.5 Å². The van der Waals surface area contributed by atoms with Gasteiger partial charge >= 0.3 is 0 Å². The number of halogens is 1. The molecule has 2 aliphatic rings. The standard InChI is InChI=1S/C25H32ClN5O4/c1-25(2,3)30(4)21(33)13-31-20(14-32)17-6-5-15(11-18(17)23(31)34)22-19(26)12-27-24(29-22)28-16-7-9-35-10-8-16/h5-6,11-12,16,20,32H,7-10,13-14H2,1-4H3,(H,27,28,29). The zero-order valence-corrected chi connectivity index (χ0v) is 21.3. The van der Waals surface area contributed by atoms with Crippen LogP contribution in [0.1, 0.15) is 55.6 Å². The normalized spacial score (nSPS) is 18.5. The largest absolute Gasteiger partial charge is 0.394 e. The molecule has 1 aromatic heterocycles. The lowest BCUT2D eigenvalue weighted by molar-refractivity contribution is -0.135. The van der Waals surface area contributed by atoms with Crippen molar-refractivity contribution in [1.82, 2.24) is 19.8 Å². The summed E-state index contributed by atoms with van der Waals surface area (Å²) >= 11 is 6.43. The lowest BCUT2D eigenvalue weighted by Gasteiger charge is -2.34. The number of nitrogens with one attached hydrogen (secondary N) is 1. The van der Waals surface area contributed by atoms with E-state index in [0.29, 0.717) is 46.6 Å². The first-order valence-corrected chi connectivity index (χ1v) is 12.2. The van der Waals surface area contributed by atoms with Gasteiger partial charge in [-0.1, -0.05) is 23.7 Å². The van der Waals surface area contributed by atoms with Crippen molar-refractivity contribution >= 4 is 29.4 Å². The number of fused-ring (bicyclic) bond motifs is 1. The number of anilines is 1. The van der Waals surface area contributed by atoms with Crippen LogP contribution in [0.15, 0.2) is 24.4 Å². The Morgan fingerprint density at radius 3 is 2.69 bits per heavy atom. The second-order valence-electron chi connectivity index (χ2n) is 9.98. The molecule has 0 radical (unpaired) electrons. The molecule has 0 saturated carbocycles. The summed E-state index contributed by atoms with van der Waals surface area (Å²) in [5.74, 6) is -0.0314. The highest BCUT2D eigenvalue weighted by molar-refractivity contribution is 6.33. The molecule has 1 atom stereocenters. The minimum Gasteiger partial charge on any atom is -0.394 e. The van der Waals surface area contributed by atoms with Gasteiger partial charge in [0, 0.05) is 43.0 Å². The maximum Gasteiger partial charge on any atom is 0.255 e. The molecule has 9 nitrogen and oxygen atoms in total. The smallest absolute Gasteiger partial charge is 0.255 e. The van der Waals surface area contributed by atoms with E-state index < -0.39 is 6.04 Å². The summed E-state index contributed by atoms with van der Waals surface area (Å²) in [4.78, 5) is 38.1. The van der Waals surface area contributed by atoms with Crippen molar-refractivity contribution < 1.29 is 19.4 Å². The van der Waals surface area contributed by atoms with Crippen LogP contribution in [0.4, 0.5) is 5.95 Å². The monoisotopic (exact) mass is 501 g/mol. The average Bonchev–Trinajstić information content (AvgIpc) is 3.10. The fraction of sp³-hybridized carbons (Fsp3) is 0.520. The maximum atomic E-state index is 13.3. The number of benzene rings is 1. The Morgan fingerprint density at radius 1 is 1.31 bits per heavy atom. The van der Waals surface area contributed by atoms with Crippen molar-refractivity contribution in [2.24, 2.45) is 0 Å². The third kappa shape index (κ3) is 5.27. The number of hydrogen-bond donors (Lipinski definition) is 2. The first-order valence-electron chi connectivity index (χ1n) is 11.8. The summed E-state index contributed by atoms with van der Waals surface area (Å²) in [6.45, 7) is 6.78. The Balaban J connectivity index is 1.60. The van der Waals surface area contributed by atoms with E-state index in [0.717, 1.165) is 12.8 Å². The highest BCUT2D eigenvalue weighted by Gasteiger charge is 2.39. The lowest BCUT2D eigenvalue weighted by Crippen LogP contribution is -2.48. The van der Waals surface area contributed by atoms with Gasteiger partial charge < -0.3 is 25.0 Å². The fourth-order valence-corrected chi connectivity index (χ4v) is 4.51. The molecule has 2 amide bonds. The third-order valence-corrected chi connectivity index (χ3v) is 6.99. The Morgan fingerprint density at radius 2 is 2.03 bits per heavy atom. The van der Waals surface area contributed by atoms with E-state index in [1.807, 2.05) is 26.8 Å². The molecular weight excluding hydrogens is 470 g/mol. The first kappa shape index (κ1) is 25.3. The van der Waals surface area contributed by atoms with Crippen molar-refractivity contribution in [1.29, 1.82) is 0 Å². The van der Waals surface area contributed by atoms with Crippen molar-refractivity contribution in [3.63, 3.8) is 0 Å². The minimum absolute atomic E-state index is 0.116. The van der Waals surface area contributed by atoms with Crippen molar-refractivity contribution in [3.8, 4) is 11.3 Å². The van der Waals surface area contributed by atoms with Crippen molar-refractivity contribution in [3.05, 3.63) is 40.5 Å². The molecule has 2 aliphatic heterocycles. The van der Waals surface area contributed by atoms with Gasteiger partial charge in [0.05, 0.1) is 29.6 Å². The fourth-order valence-electron chi connectivity index (χ4n) is 4.31. The average molecular weight is 502 g/mol. The number of rotatable bonds is 6. The molecule has 1 saturated heterocycles. The quantitative estimate of drug-likeness (QED) is 0.626. The van der Waals surface area contributed by atoms with Crippen LogP contribution in [0.3, 0.4) is 0 Å². The van der Waals surface area contributed by atoms with Crippen LogP contribution in [0.2, 0.25) is 5.02 Å². The predicted octanol–water partition coefficient (Wildman–Crippen LogP) is 3.13. The van der Waals surface area contributed by atoms with Gasteiger partial charge in [-0.15, -0.1) is 0 Å². The van der Waals surface area contributed by atoms with Gasteiger partial charge in [0.1, 0.15) is 6.54 Å². The molecule has 1 fully saturated rings. The molecule has 10 heteroatoms. The number of ether oxygens (including phenoxy) is 1. The van der Waals surface area contributed by atoms with E-state index in [4.69, 9.17) is 16.3 Å². The zero-order chi connectivity index (χ0) is 25.3. The van der Waals surface area contributed by atoms with E-state index in [1.54, 1.807) is 30.3 Å². The molecule has 3 heterocycles. The first-order chi connectivity index (χ1) is 16.6. The van der Waals surface area contributed by atoms with Crippen LogP contribution in [0, 0.1) is 0 Å². The molecule has 2 aromatic rings. The van der Waals surface area contributed by atoms with E-state index in [2.05, 4.69) is 15.3 Å². The molecular formula is C25H32ClN5O4. The number of aromatic nitrogens is 2. The van der Waals surface area contributed by atoms with Crippen LogP contribution in [0.5, 0.6) is 0 Å². The summed E-state index contributed by atoms with van der Waals surface area (Å²) in [7, 11) is 1.71. The summed E-state index contributed by atoms with van der Waals surface area (Å²) in [6.07, 6.45) is 3.29. The number of aliphatic hydroxyl groups excluding tert-OH is 1. The second kappa shape index (κ2) is 10.1. The summed E-state index contributed by atoms with van der Waals surface area (Å²) in [5, 5.41) is 13.8. The summed E-state index contributed by atoms with van der Waals surface area (Å²) in [6, 6.07) is 4.99. The molecule has 0 spiro atoms. The van der Waals surface area contributed by atoms with Crippen LogP contribution in [-0.4, -0.2) is 81.7 Å². The molecule has 188 valence electrons. The second-order valence-corrected chi connectivity index (χ2v) is 10.4. The zero-order valence-electron chi connectivity index (χ0n) is 20.5. The van der Waals surface area contributed by atoms with Gasteiger partial charge in [0.2, 0.25) is 11.9 Å². The van der Waals surface area contributed by atoms with E-state index in [9.17, 15) is 14.7 Å². The van der Waals surface area contributed by atoms with Gasteiger partial charge in [-0.3, -0.25) is 9.59 Å². The third-order valence-electron chi connectivity index (χ3n) is 6.71. The lowest BCUT2D eigenvalue weighted by atomic mass is 10.0. The van der Waals surface area contributed by atoms with Crippen molar-refractivity contribution in [2.45, 2.75) is 51.2 Å². The number of amides is 2. The molecule has 1 unspecified atom stereocenters. The van der Waals surface area contributed by atoms with Gasteiger partial charge in [-0.05, 0) is 45.2 Å². The Hall–Kier alpha value is -2.75. The van der Waals surface area contributed by atoms with Crippen LogP contribution >= 0.6 is 11.6 Å². The van der Waals surface area contributed by atoms with Gasteiger partial charge in [-0.25, -0.2) is 9.97 Å². The van der Waals surface area contributed by atoms with Gasteiger partial charge in [0.15, 0.2) is 0 Å². The molecule has 1 aromatic carbocycles. The number of carbonyl (C=O) groups excluding carboxylic acids is 2. The molecule has 0 bridgehead atoms. The van der Waals surface area contributed by atoms with E-state index >= 15 is 0 Å². The SMILES string of the molecule is CN(C(=O)CN1C(=O)c2cc(-c3nc(NC4CCOCC4)ncc3Cl)ccc2C1CO)C(C)(C)C. The highest BCUT2D eigenvalue weighted by atomic mass is 35.5. The summed E-state index contributed by atoms with van der Waals surface area (Å²) in [5.41, 5.74) is 1.90. The Kier molecular flexibility index (Phi) is 7.30. The van der Waals surface area contributed by atoms with E-state index in [1.165, 1.54) is 4.90 Å². The molecule has 35 heavy (non-hydrogen) atoms. The molecule has 2 N–H and O–H groups in total.